The molecule has 1 aliphatic carbocycles. The smallest absolute Gasteiger partial charge is 0.0159 e. The van der Waals surface area contributed by atoms with E-state index in [1.165, 1.54) is 93.5 Å². The molecule has 0 N–H and O–H groups in total. The van der Waals surface area contributed by atoms with Crippen LogP contribution in [0.4, 0.5) is 0 Å². The second kappa shape index (κ2) is 10.0. The van der Waals surface area contributed by atoms with Gasteiger partial charge in [0, 0.05) is 5.41 Å². The van der Waals surface area contributed by atoms with Crippen molar-refractivity contribution < 1.29 is 0 Å². The third kappa shape index (κ3) is 3.87. The van der Waals surface area contributed by atoms with Gasteiger partial charge in [-0.2, -0.15) is 0 Å². The Kier molecular flexibility index (Phi) is 5.86. The van der Waals surface area contributed by atoms with Gasteiger partial charge in [-0.15, -0.1) is 0 Å². The molecule has 8 aromatic rings. The minimum absolute atomic E-state index is 0.0586. The summed E-state index contributed by atoms with van der Waals surface area (Å²) in [5.41, 5.74) is 14.4. The maximum absolute atomic E-state index is 2.48. The zero-order chi connectivity index (χ0) is 31.0. The van der Waals surface area contributed by atoms with Crippen molar-refractivity contribution in [1.82, 2.24) is 0 Å². The van der Waals surface area contributed by atoms with Crippen molar-refractivity contribution in [3.8, 4) is 44.5 Å². The normalized spacial score (nSPS) is 13.3. The highest BCUT2D eigenvalue weighted by Gasteiger charge is 2.35. The lowest BCUT2D eigenvalue weighted by Gasteiger charge is -2.24. The van der Waals surface area contributed by atoms with Gasteiger partial charge in [-0.05, 0) is 101 Å². The molecule has 0 bridgehead atoms. The quantitative estimate of drug-likeness (QED) is 0.181. The average molecular weight is 587 g/mol. The lowest BCUT2D eigenvalue weighted by atomic mass is 9.79. The number of aryl methyl sites for hydroxylation is 1. The second-order valence-electron chi connectivity index (χ2n) is 13.4. The van der Waals surface area contributed by atoms with Gasteiger partial charge in [-0.25, -0.2) is 0 Å². The van der Waals surface area contributed by atoms with E-state index in [4.69, 9.17) is 0 Å². The summed E-state index contributed by atoms with van der Waals surface area (Å²) in [6, 6.07) is 56.5. The summed E-state index contributed by atoms with van der Waals surface area (Å²) in [5, 5.41) is 7.69. The van der Waals surface area contributed by atoms with Crippen LogP contribution in [0.3, 0.4) is 0 Å². The van der Waals surface area contributed by atoms with Crippen LogP contribution in [-0.4, -0.2) is 0 Å². The van der Waals surface area contributed by atoms with Crippen molar-refractivity contribution in [1.29, 1.82) is 0 Å². The lowest BCUT2D eigenvalue weighted by Crippen LogP contribution is -2.14. The van der Waals surface area contributed by atoms with Crippen molar-refractivity contribution in [3.63, 3.8) is 0 Å². The second-order valence-corrected chi connectivity index (χ2v) is 13.4. The first kappa shape index (κ1) is 26.9. The molecule has 1 aliphatic rings. The van der Waals surface area contributed by atoms with Gasteiger partial charge < -0.3 is 0 Å². The van der Waals surface area contributed by atoms with Crippen molar-refractivity contribution in [3.05, 3.63) is 168 Å². The molecule has 0 nitrogen and oxygen atoms in total. The Morgan fingerprint density at radius 1 is 0.370 bits per heavy atom. The van der Waals surface area contributed by atoms with Crippen molar-refractivity contribution in [2.45, 2.75) is 26.2 Å². The highest BCUT2D eigenvalue weighted by Crippen LogP contribution is 2.52. The summed E-state index contributed by atoms with van der Waals surface area (Å²) in [7, 11) is 0. The maximum atomic E-state index is 2.48. The fourth-order valence-electron chi connectivity index (χ4n) is 8.13. The minimum atomic E-state index is -0.0586. The van der Waals surface area contributed by atoms with E-state index < -0.39 is 0 Å². The number of fused-ring (bicyclic) bond motifs is 6. The largest absolute Gasteiger partial charge is 0.0622 e. The topological polar surface area (TPSA) is 0 Å². The van der Waals surface area contributed by atoms with Gasteiger partial charge in [-0.3, -0.25) is 0 Å². The summed E-state index contributed by atoms with van der Waals surface area (Å²) in [5.74, 6) is 0. The van der Waals surface area contributed by atoms with E-state index in [0.717, 1.165) is 0 Å². The van der Waals surface area contributed by atoms with Crippen LogP contribution in [0.15, 0.2) is 152 Å². The Balaban J connectivity index is 1.41. The fourth-order valence-corrected chi connectivity index (χ4v) is 8.13. The molecule has 0 unspecified atom stereocenters. The van der Waals surface area contributed by atoms with E-state index in [1.807, 2.05) is 0 Å². The van der Waals surface area contributed by atoms with Gasteiger partial charge >= 0.3 is 0 Å². The first-order valence-corrected chi connectivity index (χ1v) is 16.3. The Labute approximate surface area is 270 Å². The molecule has 9 rings (SSSR count). The van der Waals surface area contributed by atoms with Crippen LogP contribution in [-0.2, 0) is 5.41 Å². The molecule has 0 heterocycles. The van der Waals surface area contributed by atoms with E-state index in [2.05, 4.69) is 172 Å². The highest BCUT2D eigenvalue weighted by molar-refractivity contribution is 6.25. The van der Waals surface area contributed by atoms with Gasteiger partial charge in [0.2, 0.25) is 0 Å². The van der Waals surface area contributed by atoms with Crippen molar-refractivity contribution in [2.75, 3.05) is 0 Å². The molecular formula is C46H34. The summed E-state index contributed by atoms with van der Waals surface area (Å²) < 4.78 is 0. The molecule has 46 heavy (non-hydrogen) atoms. The molecule has 0 atom stereocenters. The average Bonchev–Trinajstić information content (AvgIpc) is 3.33. The lowest BCUT2D eigenvalue weighted by molar-refractivity contribution is 0.660. The number of rotatable bonds is 3. The maximum Gasteiger partial charge on any atom is 0.0159 e. The SMILES string of the molecule is Cc1ccc2c(-c3c(-c4ccccc4)ccc4ccccc34)c3ccccc3c(-c3ccc4c(c3)C(C)(C)c3ccccc3-4)c2c1. The van der Waals surface area contributed by atoms with Gasteiger partial charge in [0.25, 0.3) is 0 Å². The van der Waals surface area contributed by atoms with Gasteiger partial charge in [-0.1, -0.05) is 165 Å². The van der Waals surface area contributed by atoms with Gasteiger partial charge in [0.15, 0.2) is 0 Å². The molecule has 0 heteroatoms. The summed E-state index contributed by atoms with van der Waals surface area (Å²) in [6.45, 7) is 6.96. The first-order chi connectivity index (χ1) is 22.5. The molecule has 0 saturated carbocycles. The minimum Gasteiger partial charge on any atom is -0.0622 e. The summed E-state index contributed by atoms with van der Waals surface area (Å²) >= 11 is 0. The first-order valence-electron chi connectivity index (χ1n) is 16.3. The standard InChI is InChI=1S/C46H34/c1-29-21-24-39-40(27-29)43(32-23-26-36-35-17-11-12-20-41(35)46(2,3)42(36)28-32)37-18-9-10-19-38(37)45(39)44-33-16-8-7-15-31(33)22-25-34(44)30-13-5-4-6-14-30/h4-28H,1-3H3. The van der Waals surface area contributed by atoms with Gasteiger partial charge in [0.05, 0.1) is 0 Å². The number of hydrogen-bond donors (Lipinski definition) is 0. The van der Waals surface area contributed by atoms with E-state index in [-0.39, 0.29) is 5.41 Å². The van der Waals surface area contributed by atoms with Crippen LogP contribution in [0.5, 0.6) is 0 Å². The van der Waals surface area contributed by atoms with Crippen molar-refractivity contribution >= 4 is 32.3 Å². The van der Waals surface area contributed by atoms with Crippen LogP contribution in [0.25, 0.3) is 76.8 Å². The molecule has 0 aliphatic heterocycles. The molecule has 0 radical (unpaired) electrons. The molecular weight excluding hydrogens is 553 g/mol. The fraction of sp³-hybridized carbons (Fsp3) is 0.0870. The van der Waals surface area contributed by atoms with E-state index in [1.54, 1.807) is 0 Å². The molecule has 0 saturated heterocycles. The van der Waals surface area contributed by atoms with E-state index in [0.29, 0.717) is 0 Å². The van der Waals surface area contributed by atoms with Gasteiger partial charge in [0.1, 0.15) is 0 Å². The van der Waals surface area contributed by atoms with Crippen LogP contribution >= 0.6 is 0 Å². The zero-order valence-electron chi connectivity index (χ0n) is 26.4. The Morgan fingerprint density at radius 2 is 1.00 bits per heavy atom. The molecule has 0 fully saturated rings. The molecule has 0 spiro atoms. The van der Waals surface area contributed by atoms with Crippen LogP contribution < -0.4 is 0 Å². The predicted octanol–water partition coefficient (Wildman–Crippen LogP) is 12.8. The predicted molar refractivity (Wildman–Crippen MR) is 198 cm³/mol. The van der Waals surface area contributed by atoms with Crippen LogP contribution in [0, 0.1) is 6.92 Å². The molecule has 218 valence electrons. The Bertz CT molecular complexity index is 2490. The molecule has 8 aromatic carbocycles. The van der Waals surface area contributed by atoms with E-state index >= 15 is 0 Å². The molecule has 0 amide bonds. The summed E-state index contributed by atoms with van der Waals surface area (Å²) in [4.78, 5) is 0. The zero-order valence-corrected chi connectivity index (χ0v) is 26.4. The van der Waals surface area contributed by atoms with Crippen molar-refractivity contribution in [2.24, 2.45) is 0 Å². The number of benzene rings is 8. The summed E-state index contributed by atoms with van der Waals surface area (Å²) in [6.07, 6.45) is 0. The monoisotopic (exact) mass is 586 g/mol. The van der Waals surface area contributed by atoms with Crippen LogP contribution in [0.2, 0.25) is 0 Å². The molecule has 0 aromatic heterocycles. The third-order valence-electron chi connectivity index (χ3n) is 10.3. The Morgan fingerprint density at radius 3 is 1.83 bits per heavy atom. The number of hydrogen-bond acceptors (Lipinski definition) is 0. The van der Waals surface area contributed by atoms with Crippen LogP contribution in [0.1, 0.15) is 30.5 Å². The Hall–Kier alpha value is -5.46. The van der Waals surface area contributed by atoms with E-state index in [9.17, 15) is 0 Å². The third-order valence-corrected chi connectivity index (χ3v) is 10.3. The highest BCUT2D eigenvalue weighted by atomic mass is 14.4.